The minimum absolute atomic E-state index is 0.109. The zero-order valence-electron chi connectivity index (χ0n) is 25.8. The molecule has 4 aliphatic carbocycles. The fraction of sp³-hybridized carbons (Fsp3) is 0.914. The van der Waals surface area contributed by atoms with Gasteiger partial charge in [0.05, 0.1) is 0 Å². The molecule has 0 aromatic carbocycles. The van der Waals surface area contributed by atoms with E-state index in [9.17, 15) is 4.79 Å². The molecule has 0 unspecified atom stereocenters. The summed E-state index contributed by atoms with van der Waals surface area (Å²) in [6, 6.07) is 0. The summed E-state index contributed by atoms with van der Waals surface area (Å²) in [6.45, 7) is 19.4. The van der Waals surface area contributed by atoms with Gasteiger partial charge in [-0.2, -0.15) is 0 Å². The third kappa shape index (κ3) is 5.89. The minimum atomic E-state index is 0.109. The Balaban J connectivity index is 1.32. The molecule has 2 nitrogen and oxygen atoms in total. The first-order valence-corrected chi connectivity index (χ1v) is 16.4. The van der Waals surface area contributed by atoms with Crippen LogP contribution in [0.15, 0.2) is 12.2 Å². The van der Waals surface area contributed by atoms with E-state index in [1.165, 1.54) is 83.5 Å². The second-order valence-electron chi connectivity index (χ2n) is 15.5. The monoisotopic (exact) mass is 511 g/mol. The van der Waals surface area contributed by atoms with Gasteiger partial charge in [-0.05, 0) is 136 Å². The number of nitrogens with zero attached hydrogens (tertiary/aromatic N) is 1. The molecule has 0 aromatic heterocycles. The lowest BCUT2D eigenvalue weighted by atomic mass is 9.44. The Morgan fingerprint density at radius 2 is 1.62 bits per heavy atom. The Morgan fingerprint density at radius 1 is 0.919 bits per heavy atom. The van der Waals surface area contributed by atoms with Crippen molar-refractivity contribution in [2.24, 2.45) is 58.2 Å². The maximum absolute atomic E-state index is 12.1. The highest BCUT2D eigenvalue weighted by Crippen LogP contribution is 2.68. The van der Waals surface area contributed by atoms with E-state index in [1.54, 1.807) is 0 Å². The molecule has 2 heteroatoms. The Labute approximate surface area is 230 Å². The Kier molecular flexibility index (Phi) is 9.28. The summed E-state index contributed by atoms with van der Waals surface area (Å²) in [5.74, 6) is 7.66. The summed E-state index contributed by atoms with van der Waals surface area (Å²) in [6.07, 6.45) is 20.1. The van der Waals surface area contributed by atoms with Crippen LogP contribution in [-0.2, 0) is 4.79 Å². The van der Waals surface area contributed by atoms with Crippen LogP contribution in [0, 0.1) is 58.2 Å². The average Bonchev–Trinajstić information content (AvgIpc) is 3.20. The molecule has 0 radical (unpaired) electrons. The van der Waals surface area contributed by atoms with E-state index in [-0.39, 0.29) is 5.91 Å². The topological polar surface area (TPSA) is 20.3 Å². The van der Waals surface area contributed by atoms with Crippen molar-refractivity contribution in [1.29, 1.82) is 0 Å². The van der Waals surface area contributed by atoms with Gasteiger partial charge in [-0.3, -0.25) is 4.79 Å². The summed E-state index contributed by atoms with van der Waals surface area (Å²) in [4.78, 5) is 14.0. The lowest BCUT2D eigenvalue weighted by Gasteiger charge is -2.61. The first kappa shape index (κ1) is 29.2. The molecule has 0 heterocycles. The Morgan fingerprint density at radius 3 is 2.32 bits per heavy atom. The van der Waals surface area contributed by atoms with Crippen LogP contribution < -0.4 is 0 Å². The summed E-state index contributed by atoms with van der Waals surface area (Å²) in [5, 5.41) is 0. The molecule has 0 N–H and O–H groups in total. The van der Waals surface area contributed by atoms with Crippen molar-refractivity contribution in [2.75, 3.05) is 13.6 Å². The maximum Gasteiger partial charge on any atom is 0.248 e. The molecule has 4 rings (SSSR count). The van der Waals surface area contributed by atoms with E-state index in [1.807, 2.05) is 18.9 Å². The van der Waals surface area contributed by atoms with Crippen molar-refractivity contribution in [3.63, 3.8) is 0 Å². The van der Waals surface area contributed by atoms with E-state index < -0.39 is 0 Å². The molecule has 4 fully saturated rings. The van der Waals surface area contributed by atoms with Crippen LogP contribution >= 0.6 is 0 Å². The minimum Gasteiger partial charge on any atom is -0.342 e. The zero-order valence-corrected chi connectivity index (χ0v) is 25.8. The molecule has 9 atom stereocenters. The smallest absolute Gasteiger partial charge is 0.248 e. The predicted octanol–water partition coefficient (Wildman–Crippen LogP) is 9.54. The van der Waals surface area contributed by atoms with Gasteiger partial charge in [0.1, 0.15) is 0 Å². The van der Waals surface area contributed by atoms with Crippen LogP contribution in [0.4, 0.5) is 0 Å². The summed E-state index contributed by atoms with van der Waals surface area (Å²) in [5.41, 5.74) is 1.87. The van der Waals surface area contributed by atoms with Gasteiger partial charge in [0.15, 0.2) is 0 Å². The van der Waals surface area contributed by atoms with Gasteiger partial charge in [-0.15, -0.1) is 0 Å². The first-order valence-electron chi connectivity index (χ1n) is 16.4. The normalized spacial score (nSPS) is 40.0. The largest absolute Gasteiger partial charge is 0.342 e. The number of rotatable bonds is 10. The molecular formula is C35H61NO. The van der Waals surface area contributed by atoms with E-state index in [2.05, 4.69) is 41.2 Å². The number of hydrogen-bond acceptors (Lipinski definition) is 1. The highest BCUT2D eigenvalue weighted by atomic mass is 16.2. The molecule has 1 amide bonds. The Hall–Kier alpha value is -0.790. The molecule has 0 bridgehead atoms. The quantitative estimate of drug-likeness (QED) is 0.267. The zero-order chi connectivity index (χ0) is 27.0. The highest BCUT2D eigenvalue weighted by molar-refractivity contribution is 5.91. The fourth-order valence-corrected chi connectivity index (χ4v) is 10.7. The van der Waals surface area contributed by atoms with Gasteiger partial charge in [-0.1, -0.05) is 60.5 Å². The van der Waals surface area contributed by atoms with E-state index in [0.29, 0.717) is 16.4 Å². The Bertz CT molecular complexity index is 801. The van der Waals surface area contributed by atoms with Crippen LogP contribution in [0.5, 0.6) is 0 Å². The molecule has 0 aromatic rings. The SMILES string of the molecule is C=C(C)C(=O)N(C)CCC[C@H]1CC[C@@]2(C)[C@@H](CC[C@@H]3[C@@H]2CC[C@]2(C)[C@@H]([C@H](C)CCCC(C)C)CC[C@@H]32)C1. The lowest BCUT2D eigenvalue weighted by Crippen LogP contribution is -2.53. The second-order valence-corrected chi connectivity index (χ2v) is 15.5. The van der Waals surface area contributed by atoms with Crippen molar-refractivity contribution >= 4 is 5.91 Å². The van der Waals surface area contributed by atoms with Crippen molar-refractivity contribution < 1.29 is 4.79 Å². The van der Waals surface area contributed by atoms with Gasteiger partial charge in [-0.25, -0.2) is 0 Å². The number of carbonyl (C=O) groups excluding carboxylic acids is 1. The average molecular weight is 512 g/mol. The van der Waals surface area contributed by atoms with Gasteiger partial charge < -0.3 is 4.90 Å². The van der Waals surface area contributed by atoms with Crippen molar-refractivity contribution in [1.82, 2.24) is 4.90 Å². The molecule has 0 spiro atoms. The third-order valence-corrected chi connectivity index (χ3v) is 12.8. The molecule has 0 saturated heterocycles. The predicted molar refractivity (Wildman–Crippen MR) is 158 cm³/mol. The number of fused-ring (bicyclic) bond motifs is 5. The van der Waals surface area contributed by atoms with Gasteiger partial charge in [0.25, 0.3) is 0 Å². The number of hydrogen-bond donors (Lipinski definition) is 0. The summed E-state index contributed by atoms with van der Waals surface area (Å²) < 4.78 is 0. The number of likely N-dealkylation sites (N-methyl/N-ethyl adjacent to an activating group) is 1. The van der Waals surface area contributed by atoms with Crippen molar-refractivity contribution in [3.05, 3.63) is 12.2 Å². The van der Waals surface area contributed by atoms with Crippen LogP contribution in [0.2, 0.25) is 0 Å². The van der Waals surface area contributed by atoms with Crippen molar-refractivity contribution in [2.45, 2.75) is 131 Å². The van der Waals surface area contributed by atoms with Crippen LogP contribution in [0.3, 0.4) is 0 Å². The standard InChI is InChI=1S/C35H61NO/c1-24(2)11-9-12-26(5)30-16-17-31-29-15-14-28-23-27(13-10-22-36(8)33(37)25(3)4)18-20-34(28,6)32(29)19-21-35(30,31)7/h24,26-32H,3,9-23H2,1-2,4-8H3/t26-,27+,28+,29+,30-,31+,32+,34+,35-/m1/s1. The van der Waals surface area contributed by atoms with E-state index >= 15 is 0 Å². The van der Waals surface area contributed by atoms with E-state index in [4.69, 9.17) is 0 Å². The second kappa shape index (κ2) is 11.8. The summed E-state index contributed by atoms with van der Waals surface area (Å²) >= 11 is 0. The highest BCUT2D eigenvalue weighted by Gasteiger charge is 2.60. The molecule has 4 aliphatic rings. The molecular weight excluding hydrogens is 450 g/mol. The lowest BCUT2D eigenvalue weighted by molar-refractivity contribution is -0.126. The van der Waals surface area contributed by atoms with E-state index in [0.717, 1.165) is 60.3 Å². The molecule has 0 aliphatic heterocycles. The van der Waals surface area contributed by atoms with Crippen LogP contribution in [-0.4, -0.2) is 24.4 Å². The van der Waals surface area contributed by atoms with Gasteiger partial charge in [0, 0.05) is 19.2 Å². The van der Waals surface area contributed by atoms with Gasteiger partial charge in [0.2, 0.25) is 5.91 Å². The summed E-state index contributed by atoms with van der Waals surface area (Å²) in [7, 11) is 1.94. The number of amides is 1. The fourth-order valence-electron chi connectivity index (χ4n) is 10.7. The van der Waals surface area contributed by atoms with Crippen molar-refractivity contribution in [3.8, 4) is 0 Å². The molecule has 212 valence electrons. The van der Waals surface area contributed by atoms with Crippen LogP contribution in [0.25, 0.3) is 0 Å². The first-order chi connectivity index (χ1) is 17.5. The van der Waals surface area contributed by atoms with Gasteiger partial charge >= 0.3 is 0 Å². The third-order valence-electron chi connectivity index (χ3n) is 12.8. The van der Waals surface area contributed by atoms with Crippen LogP contribution in [0.1, 0.15) is 131 Å². The number of carbonyl (C=O) groups is 1. The molecule has 4 saturated carbocycles. The molecule has 37 heavy (non-hydrogen) atoms. The maximum atomic E-state index is 12.1.